The van der Waals surface area contributed by atoms with Gasteiger partial charge in [-0.15, -0.1) is 0 Å². The quantitative estimate of drug-likeness (QED) is 0.279. The number of nitrogens with zero attached hydrogens (tertiary/aromatic N) is 2. The largest absolute Gasteiger partial charge is 0.502 e. The van der Waals surface area contributed by atoms with E-state index in [1.807, 2.05) is 36.4 Å². The fourth-order valence-corrected chi connectivity index (χ4v) is 7.77. The Morgan fingerprint density at radius 2 is 1.57 bits per heavy atom. The molecular formula is C37H36N2O8. The number of Topliss-reactive ketones (excluding diaryl/α,β-unsaturated/α-hetero) is 1. The van der Waals surface area contributed by atoms with Gasteiger partial charge in [0.2, 0.25) is 17.6 Å². The van der Waals surface area contributed by atoms with Crippen molar-refractivity contribution in [1.29, 1.82) is 0 Å². The molecule has 242 valence electrons. The highest BCUT2D eigenvalue weighted by molar-refractivity contribution is 6.24. The summed E-state index contributed by atoms with van der Waals surface area (Å²) < 4.78 is 16.1. The third kappa shape index (κ3) is 5.07. The summed E-state index contributed by atoms with van der Waals surface area (Å²) in [5, 5.41) is 10.4. The number of amides is 2. The fraction of sp³-hybridized carbons (Fsp3) is 0.351. The van der Waals surface area contributed by atoms with E-state index >= 15 is 0 Å². The number of phenols is 1. The minimum absolute atomic E-state index is 0.130. The summed E-state index contributed by atoms with van der Waals surface area (Å²) in [7, 11) is 2.88. The van der Waals surface area contributed by atoms with Crippen LogP contribution < -0.4 is 19.3 Å². The number of carbonyl (C=O) groups is 4. The molecule has 2 aromatic rings. The van der Waals surface area contributed by atoms with Crippen LogP contribution in [0.3, 0.4) is 0 Å². The first-order valence-corrected chi connectivity index (χ1v) is 15.9. The second-order valence-corrected chi connectivity index (χ2v) is 12.5. The number of benzene rings is 2. The third-order valence-electron chi connectivity index (χ3n) is 10.1. The molecule has 4 atom stereocenters. The maximum Gasteiger partial charge on any atom is 0.238 e. The highest BCUT2D eigenvalue weighted by atomic mass is 16.5. The summed E-state index contributed by atoms with van der Waals surface area (Å²) >= 11 is 0. The first-order valence-electron chi connectivity index (χ1n) is 15.9. The van der Waals surface area contributed by atoms with Gasteiger partial charge < -0.3 is 24.2 Å². The molecule has 2 aliphatic heterocycles. The number of imide groups is 1. The number of rotatable bonds is 6. The summed E-state index contributed by atoms with van der Waals surface area (Å²) in [5.74, 6) is -2.88. The van der Waals surface area contributed by atoms with Crippen LogP contribution in [0.4, 0.5) is 11.4 Å². The molecule has 0 radical (unpaired) electrons. The van der Waals surface area contributed by atoms with E-state index in [1.165, 1.54) is 25.2 Å². The summed E-state index contributed by atoms with van der Waals surface area (Å²) in [4.78, 5) is 58.6. The first-order chi connectivity index (χ1) is 22.7. The molecule has 1 N–H and O–H groups in total. The van der Waals surface area contributed by atoms with Crippen molar-refractivity contribution in [1.82, 2.24) is 0 Å². The molecule has 5 aliphatic rings. The van der Waals surface area contributed by atoms with Gasteiger partial charge in [0.1, 0.15) is 0 Å². The molecule has 3 aliphatic carbocycles. The lowest BCUT2D eigenvalue weighted by molar-refractivity contribution is -0.123. The van der Waals surface area contributed by atoms with Crippen molar-refractivity contribution >= 4 is 40.8 Å². The molecule has 0 bridgehead atoms. The zero-order valence-corrected chi connectivity index (χ0v) is 26.5. The SMILES string of the molecule is COc1cc(C=CC2C3=CCC4C(=O)N(c5ccc(N6CCOCC6)cc5)C(=O)C4C3CC3=C2C(=O)C=C(C)C3=O)cc(OC)c1O. The van der Waals surface area contributed by atoms with E-state index in [-0.39, 0.29) is 47.1 Å². The van der Waals surface area contributed by atoms with Crippen LogP contribution in [-0.2, 0) is 23.9 Å². The van der Waals surface area contributed by atoms with Gasteiger partial charge in [-0.2, -0.15) is 0 Å². The number of morpholine rings is 1. The number of methoxy groups -OCH3 is 2. The zero-order chi connectivity index (χ0) is 33.0. The predicted molar refractivity (Wildman–Crippen MR) is 174 cm³/mol. The van der Waals surface area contributed by atoms with E-state index in [4.69, 9.17) is 14.2 Å². The van der Waals surface area contributed by atoms with Crippen LogP contribution in [-0.4, -0.2) is 69.0 Å². The summed E-state index contributed by atoms with van der Waals surface area (Å²) in [6, 6.07) is 10.8. The Morgan fingerprint density at radius 1 is 0.915 bits per heavy atom. The van der Waals surface area contributed by atoms with E-state index in [2.05, 4.69) is 4.90 Å². The number of ether oxygens (including phenoxy) is 3. The minimum Gasteiger partial charge on any atom is -0.502 e. The average Bonchev–Trinajstić information content (AvgIpc) is 3.35. The Kier molecular flexibility index (Phi) is 7.83. The van der Waals surface area contributed by atoms with E-state index in [1.54, 1.807) is 25.1 Å². The molecule has 2 aromatic carbocycles. The molecule has 10 nitrogen and oxygen atoms in total. The first kappa shape index (κ1) is 30.7. The number of allylic oxidation sites excluding steroid dienone is 7. The van der Waals surface area contributed by atoms with Gasteiger partial charge in [0.05, 0.1) is 45.0 Å². The highest BCUT2D eigenvalue weighted by Gasteiger charge is 2.56. The molecule has 2 heterocycles. The second-order valence-electron chi connectivity index (χ2n) is 12.5. The topological polar surface area (TPSA) is 123 Å². The molecule has 2 amide bonds. The third-order valence-corrected chi connectivity index (χ3v) is 10.1. The van der Waals surface area contributed by atoms with Crippen LogP contribution in [0.2, 0.25) is 0 Å². The van der Waals surface area contributed by atoms with E-state index in [0.29, 0.717) is 47.6 Å². The van der Waals surface area contributed by atoms with Crippen molar-refractivity contribution in [2.45, 2.75) is 19.8 Å². The van der Waals surface area contributed by atoms with Crippen LogP contribution in [0, 0.1) is 23.7 Å². The second kappa shape index (κ2) is 12.0. The van der Waals surface area contributed by atoms with Crippen LogP contribution in [0.25, 0.3) is 6.08 Å². The molecule has 4 unspecified atom stereocenters. The van der Waals surface area contributed by atoms with Crippen molar-refractivity contribution in [2.75, 3.05) is 50.3 Å². The maximum atomic E-state index is 14.2. The van der Waals surface area contributed by atoms with Gasteiger partial charge in [0.15, 0.2) is 23.1 Å². The van der Waals surface area contributed by atoms with Crippen LogP contribution in [0.1, 0.15) is 25.3 Å². The molecule has 10 heteroatoms. The number of aromatic hydroxyl groups is 1. The van der Waals surface area contributed by atoms with E-state index in [0.717, 1.165) is 24.4 Å². The summed E-state index contributed by atoms with van der Waals surface area (Å²) in [6.07, 6.45) is 7.58. The molecule has 47 heavy (non-hydrogen) atoms. The van der Waals surface area contributed by atoms with Gasteiger partial charge in [-0.3, -0.25) is 24.1 Å². The molecule has 2 saturated heterocycles. The molecule has 0 spiro atoms. The molecule has 7 rings (SSSR count). The Morgan fingerprint density at radius 3 is 2.23 bits per heavy atom. The average molecular weight is 637 g/mol. The molecule has 0 aromatic heterocycles. The lowest BCUT2D eigenvalue weighted by Crippen LogP contribution is -2.40. The van der Waals surface area contributed by atoms with Crippen molar-refractivity contribution < 1.29 is 38.5 Å². The molecule has 2 fully saturated rings. The predicted octanol–water partition coefficient (Wildman–Crippen LogP) is 4.43. The summed E-state index contributed by atoms with van der Waals surface area (Å²) in [6.45, 7) is 4.49. The monoisotopic (exact) mass is 636 g/mol. The van der Waals surface area contributed by atoms with Crippen molar-refractivity contribution in [3.63, 3.8) is 0 Å². The number of ketones is 2. The Hall–Kier alpha value is -4.96. The fourth-order valence-electron chi connectivity index (χ4n) is 7.77. The van der Waals surface area contributed by atoms with Gasteiger partial charge in [-0.1, -0.05) is 23.8 Å². The number of phenolic OH excluding ortho intramolecular Hbond substituents is 1. The highest BCUT2D eigenvalue weighted by Crippen LogP contribution is 2.53. The Labute approximate surface area is 272 Å². The van der Waals surface area contributed by atoms with Crippen LogP contribution in [0.5, 0.6) is 17.2 Å². The number of anilines is 2. The Bertz CT molecular complexity index is 1790. The standard InChI is InChI=1S/C37H36N2O8/c1-20-16-29(40)32-25(9-4-21-17-30(45-2)35(42)31(18-21)46-3)24-10-11-26-33(27(24)19-28(32)34(20)41)37(44)39(36(26)43)23-7-5-22(6-8-23)38-12-14-47-15-13-38/h4-10,16-18,25-27,33,42H,11-15,19H2,1-3H3. The van der Waals surface area contributed by atoms with Gasteiger partial charge in [0, 0.05) is 41.4 Å². The summed E-state index contributed by atoms with van der Waals surface area (Å²) in [5.41, 5.74) is 4.21. The van der Waals surface area contributed by atoms with Gasteiger partial charge in [0.25, 0.3) is 0 Å². The molecular weight excluding hydrogens is 600 g/mol. The van der Waals surface area contributed by atoms with Gasteiger partial charge >= 0.3 is 0 Å². The lowest BCUT2D eigenvalue weighted by Gasteiger charge is -2.41. The number of hydrogen-bond donors (Lipinski definition) is 1. The number of hydrogen-bond acceptors (Lipinski definition) is 9. The normalized spacial score (nSPS) is 25.9. The minimum atomic E-state index is -0.658. The van der Waals surface area contributed by atoms with Crippen molar-refractivity contribution in [3.8, 4) is 17.2 Å². The lowest BCUT2D eigenvalue weighted by atomic mass is 9.60. The van der Waals surface area contributed by atoms with Gasteiger partial charge in [-0.25, -0.2) is 0 Å². The Balaban J connectivity index is 1.24. The van der Waals surface area contributed by atoms with Crippen LogP contribution >= 0.6 is 0 Å². The van der Waals surface area contributed by atoms with E-state index in [9.17, 15) is 24.3 Å². The zero-order valence-electron chi connectivity index (χ0n) is 26.5. The van der Waals surface area contributed by atoms with Crippen molar-refractivity contribution in [3.05, 3.63) is 82.5 Å². The maximum absolute atomic E-state index is 14.2. The van der Waals surface area contributed by atoms with Crippen molar-refractivity contribution in [2.24, 2.45) is 23.7 Å². The molecule has 0 saturated carbocycles. The number of carbonyl (C=O) groups excluding carboxylic acids is 4. The number of fused-ring (bicyclic) bond motifs is 3. The van der Waals surface area contributed by atoms with Gasteiger partial charge in [-0.05, 0) is 73.7 Å². The van der Waals surface area contributed by atoms with E-state index < -0.39 is 23.7 Å². The smallest absolute Gasteiger partial charge is 0.238 e. The van der Waals surface area contributed by atoms with Crippen LogP contribution in [0.15, 0.2) is 76.9 Å².